The van der Waals surface area contributed by atoms with Gasteiger partial charge in [0.15, 0.2) is 6.61 Å². The molecule has 1 unspecified atom stereocenters. The van der Waals surface area contributed by atoms with Crippen LogP contribution in [0.5, 0.6) is 0 Å². The Balaban J connectivity index is 2.03. The molecule has 1 aliphatic rings. The molecule has 0 aliphatic carbocycles. The van der Waals surface area contributed by atoms with E-state index in [0.717, 1.165) is 0 Å². The highest BCUT2D eigenvalue weighted by atomic mass is 19.4. The van der Waals surface area contributed by atoms with E-state index in [1.807, 2.05) is 0 Å². The van der Waals surface area contributed by atoms with E-state index >= 15 is 0 Å². The van der Waals surface area contributed by atoms with E-state index in [9.17, 15) is 18.0 Å². The van der Waals surface area contributed by atoms with Crippen molar-refractivity contribution in [1.29, 1.82) is 0 Å². The molecule has 0 aromatic rings. The number of epoxide rings is 1. The van der Waals surface area contributed by atoms with Gasteiger partial charge in [0.1, 0.15) is 12.7 Å². The van der Waals surface area contributed by atoms with Gasteiger partial charge in [0.05, 0.1) is 6.61 Å². The minimum atomic E-state index is -4.52. The number of hydrogen-bond acceptors (Lipinski definition) is 4. The second-order valence-corrected chi connectivity index (χ2v) is 2.42. The Hall–Kier alpha value is -0.980. The first-order valence-corrected chi connectivity index (χ1v) is 3.45. The molecule has 1 rings (SSSR count). The van der Waals surface area contributed by atoms with Gasteiger partial charge >= 0.3 is 12.3 Å². The maximum absolute atomic E-state index is 11.5. The molecule has 1 saturated heterocycles. The minimum absolute atomic E-state index is 0.0588. The third-order valence-corrected chi connectivity index (χ3v) is 1.14. The lowest BCUT2D eigenvalue weighted by molar-refractivity contribution is -0.165. The lowest BCUT2D eigenvalue weighted by Crippen LogP contribution is -2.21. The highest BCUT2D eigenvalue weighted by Gasteiger charge is 2.31. The van der Waals surface area contributed by atoms with Gasteiger partial charge in [-0.2, -0.15) is 13.2 Å². The topological polar surface area (TPSA) is 48.1 Å². The van der Waals surface area contributed by atoms with E-state index in [2.05, 4.69) is 14.2 Å². The fourth-order valence-corrected chi connectivity index (χ4v) is 0.508. The van der Waals surface area contributed by atoms with Crippen LogP contribution in [0.4, 0.5) is 18.0 Å². The summed E-state index contributed by atoms with van der Waals surface area (Å²) in [7, 11) is 0. The summed E-state index contributed by atoms with van der Waals surface area (Å²) in [6, 6.07) is 0. The van der Waals surface area contributed by atoms with E-state index in [1.165, 1.54) is 0 Å². The highest BCUT2D eigenvalue weighted by molar-refractivity contribution is 5.59. The first-order valence-electron chi connectivity index (χ1n) is 3.45. The van der Waals surface area contributed by atoms with Crippen LogP contribution in [0, 0.1) is 0 Å². The summed E-state index contributed by atoms with van der Waals surface area (Å²) in [4.78, 5) is 10.4. The van der Waals surface area contributed by atoms with Crippen LogP contribution < -0.4 is 0 Å². The maximum Gasteiger partial charge on any atom is 0.508 e. The fourth-order valence-electron chi connectivity index (χ4n) is 0.508. The number of halogens is 3. The maximum atomic E-state index is 11.5. The van der Waals surface area contributed by atoms with Gasteiger partial charge < -0.3 is 14.2 Å². The first-order chi connectivity index (χ1) is 5.97. The first kappa shape index (κ1) is 10.1. The van der Waals surface area contributed by atoms with Crippen molar-refractivity contribution >= 4 is 6.16 Å². The number of hydrogen-bond donors (Lipinski definition) is 0. The average Bonchev–Trinajstić information content (AvgIpc) is 2.78. The van der Waals surface area contributed by atoms with Crippen molar-refractivity contribution in [2.45, 2.75) is 12.3 Å². The molecule has 76 valence electrons. The van der Waals surface area contributed by atoms with Gasteiger partial charge in [-0.3, -0.25) is 0 Å². The summed E-state index contributed by atoms with van der Waals surface area (Å²) in [6.45, 7) is -1.22. The van der Waals surface area contributed by atoms with Gasteiger partial charge in [0.2, 0.25) is 0 Å². The highest BCUT2D eigenvalue weighted by Crippen LogP contribution is 2.15. The third-order valence-electron chi connectivity index (χ3n) is 1.14. The molecule has 7 heteroatoms. The SMILES string of the molecule is O=C(OCC1CO1)OCC(F)(F)F. The van der Waals surface area contributed by atoms with Crippen molar-refractivity contribution < 1.29 is 32.2 Å². The molecule has 1 fully saturated rings. The van der Waals surface area contributed by atoms with Crippen LogP contribution in [0.15, 0.2) is 0 Å². The van der Waals surface area contributed by atoms with Crippen molar-refractivity contribution in [2.24, 2.45) is 0 Å². The molecule has 1 aliphatic heterocycles. The van der Waals surface area contributed by atoms with Gasteiger partial charge in [-0.1, -0.05) is 0 Å². The van der Waals surface area contributed by atoms with Crippen LogP contribution in [0.2, 0.25) is 0 Å². The molecule has 0 saturated carbocycles. The van der Waals surface area contributed by atoms with E-state index in [4.69, 9.17) is 0 Å². The average molecular weight is 200 g/mol. The van der Waals surface area contributed by atoms with Crippen LogP contribution in [-0.2, 0) is 14.2 Å². The van der Waals surface area contributed by atoms with Crippen molar-refractivity contribution in [3.8, 4) is 0 Å². The number of alkyl halides is 3. The van der Waals surface area contributed by atoms with Crippen LogP contribution in [0.1, 0.15) is 0 Å². The Bertz CT molecular complexity index is 187. The number of ether oxygens (including phenoxy) is 3. The monoisotopic (exact) mass is 200 g/mol. The van der Waals surface area contributed by atoms with E-state index < -0.39 is 18.9 Å². The Labute approximate surface area is 71.6 Å². The molecule has 0 radical (unpaired) electrons. The van der Waals surface area contributed by atoms with Crippen molar-refractivity contribution in [2.75, 3.05) is 19.8 Å². The second kappa shape index (κ2) is 3.82. The molecule has 0 aromatic heterocycles. The Morgan fingerprint density at radius 1 is 1.46 bits per heavy atom. The molecule has 0 aromatic carbocycles. The molecule has 1 heterocycles. The van der Waals surface area contributed by atoms with Crippen molar-refractivity contribution in [3.63, 3.8) is 0 Å². The molecule has 4 nitrogen and oxygen atoms in total. The molecule has 0 bridgehead atoms. The van der Waals surface area contributed by atoms with Crippen molar-refractivity contribution in [3.05, 3.63) is 0 Å². The fraction of sp³-hybridized carbons (Fsp3) is 0.833. The van der Waals surface area contributed by atoms with Crippen LogP contribution in [0.25, 0.3) is 0 Å². The Morgan fingerprint density at radius 2 is 2.08 bits per heavy atom. The summed E-state index contributed by atoms with van der Waals surface area (Å²) >= 11 is 0. The van der Waals surface area contributed by atoms with Crippen molar-refractivity contribution in [1.82, 2.24) is 0 Å². The molecule has 0 amide bonds. The van der Waals surface area contributed by atoms with Gasteiger partial charge in [0.25, 0.3) is 0 Å². The van der Waals surface area contributed by atoms with Crippen LogP contribution in [0.3, 0.4) is 0 Å². The molecular weight excluding hydrogens is 193 g/mol. The predicted molar refractivity (Wildman–Crippen MR) is 33.1 cm³/mol. The quantitative estimate of drug-likeness (QED) is 0.505. The van der Waals surface area contributed by atoms with Gasteiger partial charge in [-0.25, -0.2) is 4.79 Å². The minimum Gasteiger partial charge on any atom is -0.431 e. The second-order valence-electron chi connectivity index (χ2n) is 2.42. The summed E-state index contributed by atoms with van der Waals surface area (Å²) in [5.74, 6) is 0. The summed E-state index contributed by atoms with van der Waals surface area (Å²) in [5.41, 5.74) is 0. The lowest BCUT2D eigenvalue weighted by atomic mass is 10.5. The molecule has 0 N–H and O–H groups in total. The van der Waals surface area contributed by atoms with E-state index in [1.54, 1.807) is 0 Å². The van der Waals surface area contributed by atoms with Gasteiger partial charge in [-0.15, -0.1) is 0 Å². The summed E-state index contributed by atoms with van der Waals surface area (Å²) < 4.78 is 47.1. The largest absolute Gasteiger partial charge is 0.508 e. The summed E-state index contributed by atoms with van der Waals surface area (Å²) in [5, 5.41) is 0. The van der Waals surface area contributed by atoms with E-state index in [0.29, 0.717) is 6.61 Å². The molecule has 0 spiro atoms. The van der Waals surface area contributed by atoms with Crippen LogP contribution >= 0.6 is 0 Å². The number of carbonyl (C=O) groups is 1. The lowest BCUT2D eigenvalue weighted by Gasteiger charge is -2.07. The zero-order valence-corrected chi connectivity index (χ0v) is 6.47. The molecular formula is C6H7F3O4. The molecule has 13 heavy (non-hydrogen) atoms. The van der Waals surface area contributed by atoms with E-state index in [-0.39, 0.29) is 12.7 Å². The Morgan fingerprint density at radius 3 is 2.54 bits per heavy atom. The van der Waals surface area contributed by atoms with Crippen LogP contribution in [-0.4, -0.2) is 38.3 Å². The smallest absolute Gasteiger partial charge is 0.431 e. The Kier molecular flexibility index (Phi) is 2.97. The molecule has 1 atom stereocenters. The summed E-state index contributed by atoms with van der Waals surface area (Å²) in [6.07, 6.45) is -6.03. The standard InChI is InChI=1S/C6H7F3O4/c7-6(8,9)3-13-5(10)12-2-4-1-11-4/h4H,1-3H2. The zero-order chi connectivity index (χ0) is 9.90. The number of rotatable bonds is 3. The predicted octanol–water partition coefficient (Wildman–Crippen LogP) is 1.10. The zero-order valence-electron chi connectivity index (χ0n) is 6.47. The number of carbonyl (C=O) groups excluding carboxylic acids is 1. The van der Waals surface area contributed by atoms with Gasteiger partial charge in [0, 0.05) is 0 Å². The normalized spacial score (nSPS) is 21.0. The third kappa shape index (κ3) is 5.29. The van der Waals surface area contributed by atoms with Gasteiger partial charge in [-0.05, 0) is 0 Å².